The fourth-order valence-electron chi connectivity index (χ4n) is 2.37. The van der Waals surface area contributed by atoms with Gasteiger partial charge in [-0.25, -0.2) is 5.43 Å². The number of benzene rings is 2. The number of hydrogen-bond acceptors (Lipinski definition) is 4. The van der Waals surface area contributed by atoms with Crippen LogP contribution in [0.5, 0.6) is 0 Å². The summed E-state index contributed by atoms with van der Waals surface area (Å²) in [4.78, 5) is 14.2. The summed E-state index contributed by atoms with van der Waals surface area (Å²) in [6, 6.07) is 14.5. The summed E-state index contributed by atoms with van der Waals surface area (Å²) in [6.45, 7) is 0. The quantitative estimate of drug-likeness (QED) is 0.450. The Kier molecular flexibility index (Phi) is 7.45. The van der Waals surface area contributed by atoms with E-state index in [9.17, 15) is 4.79 Å². The highest BCUT2D eigenvalue weighted by molar-refractivity contribution is 6.35. The van der Waals surface area contributed by atoms with Crippen LogP contribution in [0.25, 0.3) is 11.3 Å². The monoisotopic (exact) mass is 437 g/mol. The molecule has 6 nitrogen and oxygen atoms in total. The van der Waals surface area contributed by atoms with Crippen LogP contribution >= 0.6 is 35.6 Å². The first-order valence-electron chi connectivity index (χ1n) is 8.05. The second-order valence-electron chi connectivity index (χ2n) is 6.01. The largest absolute Gasteiger partial charge is 0.378 e. The van der Waals surface area contributed by atoms with E-state index in [0.29, 0.717) is 21.3 Å². The van der Waals surface area contributed by atoms with E-state index in [1.165, 1.54) is 0 Å². The number of anilines is 1. The number of H-pyrrole nitrogens is 1. The van der Waals surface area contributed by atoms with Gasteiger partial charge in [0.05, 0.1) is 11.9 Å². The fraction of sp³-hybridized carbons (Fsp3) is 0.105. The molecule has 2 aromatic carbocycles. The number of amides is 1. The van der Waals surface area contributed by atoms with Crippen molar-refractivity contribution in [2.75, 3.05) is 19.0 Å². The van der Waals surface area contributed by atoms with Crippen molar-refractivity contribution in [2.45, 2.75) is 0 Å². The van der Waals surface area contributed by atoms with Crippen LogP contribution in [0.2, 0.25) is 10.0 Å². The molecule has 0 fully saturated rings. The number of carbonyl (C=O) groups excluding carboxylic acids is 1. The summed E-state index contributed by atoms with van der Waals surface area (Å²) in [5.41, 5.74) is 5.99. The molecule has 0 bridgehead atoms. The van der Waals surface area contributed by atoms with Gasteiger partial charge in [0, 0.05) is 35.4 Å². The van der Waals surface area contributed by atoms with Crippen molar-refractivity contribution in [3.63, 3.8) is 0 Å². The third kappa shape index (κ3) is 5.48. The van der Waals surface area contributed by atoms with Crippen LogP contribution in [-0.2, 0) is 0 Å². The predicted molar refractivity (Wildman–Crippen MR) is 117 cm³/mol. The zero-order chi connectivity index (χ0) is 19.4. The normalized spacial score (nSPS) is 10.6. The van der Waals surface area contributed by atoms with Gasteiger partial charge in [0.2, 0.25) is 0 Å². The molecular weight excluding hydrogens is 421 g/mol. The Morgan fingerprint density at radius 1 is 1.11 bits per heavy atom. The maximum absolute atomic E-state index is 12.2. The minimum atomic E-state index is -0.400. The topological polar surface area (TPSA) is 73.4 Å². The number of hydrogen-bond donors (Lipinski definition) is 2. The standard InChI is InChI=1S/C19H17Cl2N5O.ClH/c1-26(2)16-5-3-12(4-6-16)11-22-25-19(27)18-10-17(23-24-18)13-7-14(20)9-15(21)8-13;/h3-11H,1-2H3,(H,23,24)(H,25,27);1H. The van der Waals surface area contributed by atoms with Gasteiger partial charge in [-0.2, -0.15) is 10.2 Å². The van der Waals surface area contributed by atoms with Crippen LogP contribution < -0.4 is 10.3 Å². The van der Waals surface area contributed by atoms with Gasteiger partial charge < -0.3 is 4.90 Å². The SMILES string of the molecule is CN(C)c1ccc(C=NNC(=O)c2cc(-c3cc(Cl)cc(Cl)c3)n[nH]2)cc1.Cl. The predicted octanol–water partition coefficient (Wildman–Crippen LogP) is 4.64. The third-order valence-corrected chi connectivity index (χ3v) is 4.21. The molecule has 0 saturated carbocycles. The Balaban J connectivity index is 0.00000280. The molecule has 146 valence electrons. The fourth-order valence-corrected chi connectivity index (χ4v) is 2.90. The first kappa shape index (κ1) is 21.8. The number of rotatable bonds is 5. The van der Waals surface area contributed by atoms with E-state index in [4.69, 9.17) is 23.2 Å². The van der Waals surface area contributed by atoms with Gasteiger partial charge in [-0.05, 0) is 42.0 Å². The Bertz CT molecular complexity index is 963. The summed E-state index contributed by atoms with van der Waals surface area (Å²) in [5, 5.41) is 11.8. The second-order valence-corrected chi connectivity index (χ2v) is 6.88. The first-order chi connectivity index (χ1) is 12.9. The van der Waals surface area contributed by atoms with Crippen LogP contribution in [0.1, 0.15) is 16.1 Å². The Morgan fingerprint density at radius 3 is 2.36 bits per heavy atom. The van der Waals surface area contributed by atoms with Crippen molar-refractivity contribution in [1.29, 1.82) is 0 Å². The van der Waals surface area contributed by atoms with E-state index in [1.54, 1.807) is 30.5 Å². The van der Waals surface area contributed by atoms with Gasteiger partial charge in [0.1, 0.15) is 5.69 Å². The van der Waals surface area contributed by atoms with Crippen molar-refractivity contribution in [2.24, 2.45) is 5.10 Å². The van der Waals surface area contributed by atoms with E-state index in [0.717, 1.165) is 11.3 Å². The van der Waals surface area contributed by atoms with E-state index < -0.39 is 5.91 Å². The molecule has 0 atom stereocenters. The Hall–Kier alpha value is -2.54. The minimum Gasteiger partial charge on any atom is -0.378 e. The van der Waals surface area contributed by atoms with Crippen molar-refractivity contribution in [3.05, 3.63) is 69.8 Å². The first-order valence-corrected chi connectivity index (χ1v) is 8.80. The molecule has 0 aliphatic carbocycles. The van der Waals surface area contributed by atoms with Crippen LogP contribution in [0.3, 0.4) is 0 Å². The Labute approximate surface area is 178 Å². The molecule has 1 aromatic heterocycles. The van der Waals surface area contributed by atoms with Gasteiger partial charge in [-0.1, -0.05) is 35.3 Å². The molecule has 0 aliphatic rings. The molecule has 1 heterocycles. The lowest BCUT2D eigenvalue weighted by molar-refractivity contribution is 0.0950. The van der Waals surface area contributed by atoms with Gasteiger partial charge >= 0.3 is 0 Å². The molecule has 0 spiro atoms. The number of aromatic nitrogens is 2. The maximum Gasteiger partial charge on any atom is 0.289 e. The van der Waals surface area contributed by atoms with E-state index in [-0.39, 0.29) is 18.1 Å². The summed E-state index contributed by atoms with van der Waals surface area (Å²) in [6.07, 6.45) is 1.57. The molecule has 1 amide bonds. The number of aromatic amines is 1. The van der Waals surface area contributed by atoms with Gasteiger partial charge in [-0.15, -0.1) is 12.4 Å². The average Bonchev–Trinajstić information content (AvgIpc) is 3.11. The molecule has 2 N–H and O–H groups in total. The molecule has 0 aliphatic heterocycles. The number of halogens is 3. The van der Waals surface area contributed by atoms with E-state index in [1.807, 2.05) is 43.3 Å². The lowest BCUT2D eigenvalue weighted by atomic mass is 10.1. The molecule has 28 heavy (non-hydrogen) atoms. The zero-order valence-electron chi connectivity index (χ0n) is 15.1. The van der Waals surface area contributed by atoms with E-state index in [2.05, 4.69) is 20.7 Å². The van der Waals surface area contributed by atoms with Crippen molar-refractivity contribution in [1.82, 2.24) is 15.6 Å². The maximum atomic E-state index is 12.2. The van der Waals surface area contributed by atoms with Gasteiger partial charge in [0.25, 0.3) is 5.91 Å². The lowest BCUT2D eigenvalue weighted by Gasteiger charge is -2.11. The van der Waals surface area contributed by atoms with Crippen LogP contribution in [0.15, 0.2) is 53.6 Å². The zero-order valence-corrected chi connectivity index (χ0v) is 17.4. The lowest BCUT2D eigenvalue weighted by Crippen LogP contribution is -2.18. The smallest absolute Gasteiger partial charge is 0.289 e. The number of nitrogens with one attached hydrogen (secondary N) is 2. The van der Waals surface area contributed by atoms with Crippen molar-refractivity contribution >= 4 is 53.4 Å². The van der Waals surface area contributed by atoms with Crippen LogP contribution in [0, 0.1) is 0 Å². The van der Waals surface area contributed by atoms with Gasteiger partial charge in [0.15, 0.2) is 0 Å². The molecule has 3 aromatic rings. The molecular formula is C19H18Cl3N5O. The van der Waals surface area contributed by atoms with Crippen molar-refractivity contribution in [3.8, 4) is 11.3 Å². The summed E-state index contributed by atoms with van der Waals surface area (Å²) in [7, 11) is 3.94. The molecule has 3 rings (SSSR count). The Morgan fingerprint density at radius 2 is 1.75 bits per heavy atom. The van der Waals surface area contributed by atoms with Crippen LogP contribution in [0.4, 0.5) is 5.69 Å². The summed E-state index contributed by atoms with van der Waals surface area (Å²) < 4.78 is 0. The molecule has 0 radical (unpaired) electrons. The molecule has 9 heteroatoms. The van der Waals surface area contributed by atoms with Crippen LogP contribution in [-0.4, -0.2) is 36.4 Å². The summed E-state index contributed by atoms with van der Waals surface area (Å²) >= 11 is 12.0. The number of nitrogens with zero attached hydrogens (tertiary/aromatic N) is 3. The minimum absolute atomic E-state index is 0. The number of hydrazone groups is 1. The molecule has 0 saturated heterocycles. The number of carbonyl (C=O) groups is 1. The third-order valence-electron chi connectivity index (χ3n) is 3.77. The van der Waals surface area contributed by atoms with Crippen molar-refractivity contribution < 1.29 is 4.79 Å². The highest BCUT2D eigenvalue weighted by Crippen LogP contribution is 2.26. The average molecular weight is 439 g/mol. The second kappa shape index (κ2) is 9.59. The summed E-state index contributed by atoms with van der Waals surface area (Å²) in [5.74, 6) is -0.400. The highest BCUT2D eigenvalue weighted by atomic mass is 35.5. The van der Waals surface area contributed by atoms with Gasteiger partial charge in [-0.3, -0.25) is 9.89 Å². The van der Waals surface area contributed by atoms with E-state index >= 15 is 0 Å². The molecule has 0 unspecified atom stereocenters. The highest BCUT2D eigenvalue weighted by Gasteiger charge is 2.11.